The summed E-state index contributed by atoms with van der Waals surface area (Å²) in [6.45, 7) is 4.75. The van der Waals surface area contributed by atoms with Crippen LogP contribution in [-0.4, -0.2) is 37.7 Å². The van der Waals surface area contributed by atoms with Gasteiger partial charge in [0.15, 0.2) is 0 Å². The summed E-state index contributed by atoms with van der Waals surface area (Å²) < 4.78 is 18.6. The van der Waals surface area contributed by atoms with Crippen LogP contribution in [0.1, 0.15) is 31.9 Å². The summed E-state index contributed by atoms with van der Waals surface area (Å²) in [4.78, 5) is 2.16. The third-order valence-electron chi connectivity index (χ3n) is 3.61. The number of likely N-dealkylation sites (N-methyl/N-ethyl adjacent to an activating group) is 1. The van der Waals surface area contributed by atoms with Crippen LogP contribution in [0.5, 0.6) is 0 Å². The Morgan fingerprint density at radius 1 is 1.42 bits per heavy atom. The Kier molecular flexibility index (Phi) is 6.42. The fourth-order valence-corrected chi connectivity index (χ4v) is 2.33. The molecule has 1 aromatic rings. The maximum absolute atomic E-state index is 13.4. The molecule has 0 aliphatic rings. The first-order valence-electron chi connectivity index (χ1n) is 6.73. The highest BCUT2D eigenvalue weighted by Gasteiger charge is 2.26. The third kappa shape index (κ3) is 4.27. The Bertz CT molecular complexity index is 386. The fraction of sp³-hybridized carbons (Fsp3) is 0.600. The number of rotatable bonds is 7. The average molecular weight is 268 g/mol. The SMILES string of the molecule is CCC(N)C(c1cccc(F)c1)N(C)C(C)COC. The molecule has 19 heavy (non-hydrogen) atoms. The molecule has 2 N–H and O–H groups in total. The van der Waals surface area contributed by atoms with Crippen molar-refractivity contribution in [3.63, 3.8) is 0 Å². The normalized spacial score (nSPS) is 16.4. The van der Waals surface area contributed by atoms with Gasteiger partial charge in [-0.3, -0.25) is 4.90 Å². The minimum Gasteiger partial charge on any atom is -0.383 e. The molecule has 3 atom stereocenters. The number of hydrogen-bond donors (Lipinski definition) is 1. The molecule has 4 heteroatoms. The van der Waals surface area contributed by atoms with Gasteiger partial charge in [0, 0.05) is 19.2 Å². The lowest BCUT2D eigenvalue weighted by molar-refractivity contribution is 0.0793. The van der Waals surface area contributed by atoms with Gasteiger partial charge in [-0.2, -0.15) is 0 Å². The molecule has 0 amide bonds. The van der Waals surface area contributed by atoms with Crippen molar-refractivity contribution >= 4 is 0 Å². The van der Waals surface area contributed by atoms with Gasteiger partial charge in [0.2, 0.25) is 0 Å². The first-order valence-corrected chi connectivity index (χ1v) is 6.73. The maximum atomic E-state index is 13.4. The van der Waals surface area contributed by atoms with E-state index in [1.54, 1.807) is 19.2 Å². The number of benzene rings is 1. The summed E-state index contributed by atoms with van der Waals surface area (Å²) in [5, 5.41) is 0. The van der Waals surface area contributed by atoms with Gasteiger partial charge in [0.25, 0.3) is 0 Å². The molecular weight excluding hydrogens is 243 g/mol. The van der Waals surface area contributed by atoms with Crippen LogP contribution in [0.15, 0.2) is 24.3 Å². The summed E-state index contributed by atoms with van der Waals surface area (Å²) in [7, 11) is 3.69. The zero-order valence-electron chi connectivity index (χ0n) is 12.3. The highest BCUT2D eigenvalue weighted by atomic mass is 19.1. The molecular formula is C15H25FN2O. The van der Waals surface area contributed by atoms with E-state index in [0.717, 1.165) is 12.0 Å². The molecule has 0 aliphatic heterocycles. The standard InChI is InChI=1S/C15H25FN2O/c1-5-14(17)15(18(3)11(2)10-19-4)12-7-6-8-13(16)9-12/h6-9,11,14-15H,5,10,17H2,1-4H3. The van der Waals surface area contributed by atoms with E-state index in [4.69, 9.17) is 10.5 Å². The van der Waals surface area contributed by atoms with Crippen LogP contribution in [-0.2, 0) is 4.74 Å². The zero-order valence-corrected chi connectivity index (χ0v) is 12.3. The quantitative estimate of drug-likeness (QED) is 0.826. The van der Waals surface area contributed by atoms with E-state index >= 15 is 0 Å². The Balaban J connectivity index is 3.01. The number of nitrogens with two attached hydrogens (primary N) is 1. The van der Waals surface area contributed by atoms with Crippen molar-refractivity contribution in [2.45, 2.75) is 38.4 Å². The Morgan fingerprint density at radius 2 is 2.11 bits per heavy atom. The lowest BCUT2D eigenvalue weighted by Gasteiger charge is -2.36. The molecule has 0 heterocycles. The van der Waals surface area contributed by atoms with Crippen LogP contribution in [0.4, 0.5) is 4.39 Å². The fourth-order valence-electron chi connectivity index (χ4n) is 2.33. The third-order valence-corrected chi connectivity index (χ3v) is 3.61. The number of ether oxygens (including phenoxy) is 1. The highest BCUT2D eigenvalue weighted by Crippen LogP contribution is 2.26. The summed E-state index contributed by atoms with van der Waals surface area (Å²) in [5.74, 6) is -0.224. The number of hydrogen-bond acceptors (Lipinski definition) is 3. The summed E-state index contributed by atoms with van der Waals surface area (Å²) in [6, 6.07) is 6.86. The Labute approximate surface area is 115 Å². The van der Waals surface area contributed by atoms with E-state index in [0.29, 0.717) is 6.61 Å². The van der Waals surface area contributed by atoms with Crippen molar-refractivity contribution in [1.29, 1.82) is 0 Å². The molecule has 0 spiro atoms. The maximum Gasteiger partial charge on any atom is 0.123 e. The molecule has 0 saturated heterocycles. The van der Waals surface area contributed by atoms with E-state index in [-0.39, 0.29) is 23.9 Å². The second kappa shape index (κ2) is 7.58. The van der Waals surface area contributed by atoms with Gasteiger partial charge >= 0.3 is 0 Å². The molecule has 108 valence electrons. The van der Waals surface area contributed by atoms with E-state index < -0.39 is 0 Å². The largest absolute Gasteiger partial charge is 0.383 e. The van der Waals surface area contributed by atoms with Crippen molar-refractivity contribution in [1.82, 2.24) is 4.90 Å². The molecule has 0 bridgehead atoms. The smallest absolute Gasteiger partial charge is 0.123 e. The predicted octanol–water partition coefficient (Wildman–Crippen LogP) is 2.57. The van der Waals surface area contributed by atoms with Crippen LogP contribution < -0.4 is 5.73 Å². The van der Waals surface area contributed by atoms with Gasteiger partial charge in [0.05, 0.1) is 12.6 Å². The molecule has 0 saturated carbocycles. The first-order chi connectivity index (χ1) is 9.01. The van der Waals surface area contributed by atoms with Crippen LogP contribution >= 0.6 is 0 Å². The lowest BCUT2D eigenvalue weighted by atomic mass is 9.95. The van der Waals surface area contributed by atoms with Gasteiger partial charge in [-0.1, -0.05) is 19.1 Å². The number of methoxy groups -OCH3 is 1. The van der Waals surface area contributed by atoms with Gasteiger partial charge in [-0.05, 0) is 38.1 Å². The molecule has 0 aromatic heterocycles. The van der Waals surface area contributed by atoms with Gasteiger partial charge < -0.3 is 10.5 Å². The molecule has 3 nitrogen and oxygen atoms in total. The van der Waals surface area contributed by atoms with Crippen molar-refractivity contribution < 1.29 is 9.13 Å². The second-order valence-corrected chi connectivity index (χ2v) is 5.04. The van der Waals surface area contributed by atoms with Crippen molar-refractivity contribution in [2.75, 3.05) is 20.8 Å². The summed E-state index contributed by atoms with van der Waals surface area (Å²) in [5.41, 5.74) is 7.15. The lowest BCUT2D eigenvalue weighted by Crippen LogP contribution is -2.44. The Hall–Kier alpha value is -0.970. The van der Waals surface area contributed by atoms with Crippen molar-refractivity contribution in [2.24, 2.45) is 5.73 Å². The second-order valence-electron chi connectivity index (χ2n) is 5.04. The number of nitrogens with zero attached hydrogens (tertiary/aromatic N) is 1. The van der Waals surface area contributed by atoms with Gasteiger partial charge in [-0.25, -0.2) is 4.39 Å². The molecule has 3 unspecified atom stereocenters. The van der Waals surface area contributed by atoms with E-state index in [9.17, 15) is 4.39 Å². The Morgan fingerprint density at radius 3 is 2.63 bits per heavy atom. The minimum absolute atomic E-state index is 0.00847. The molecule has 1 aromatic carbocycles. The zero-order chi connectivity index (χ0) is 14.4. The van der Waals surface area contributed by atoms with Crippen LogP contribution in [0.2, 0.25) is 0 Å². The minimum atomic E-state index is -0.224. The molecule has 0 aliphatic carbocycles. The molecule has 1 rings (SSSR count). The topological polar surface area (TPSA) is 38.5 Å². The van der Waals surface area contributed by atoms with E-state index in [2.05, 4.69) is 11.8 Å². The van der Waals surface area contributed by atoms with E-state index in [1.807, 2.05) is 20.0 Å². The van der Waals surface area contributed by atoms with Crippen LogP contribution in [0.3, 0.4) is 0 Å². The first kappa shape index (κ1) is 16.1. The monoisotopic (exact) mass is 268 g/mol. The van der Waals surface area contributed by atoms with Gasteiger partial charge in [0.1, 0.15) is 5.82 Å². The highest BCUT2D eigenvalue weighted by molar-refractivity contribution is 5.22. The average Bonchev–Trinajstić information content (AvgIpc) is 2.39. The summed E-state index contributed by atoms with van der Waals surface area (Å²) in [6.07, 6.45) is 0.839. The predicted molar refractivity (Wildman–Crippen MR) is 76.5 cm³/mol. The molecule has 0 fully saturated rings. The van der Waals surface area contributed by atoms with Crippen LogP contribution in [0, 0.1) is 5.82 Å². The van der Waals surface area contributed by atoms with Crippen LogP contribution in [0.25, 0.3) is 0 Å². The van der Waals surface area contributed by atoms with Gasteiger partial charge in [-0.15, -0.1) is 0 Å². The number of halogens is 1. The molecule has 0 radical (unpaired) electrons. The van der Waals surface area contributed by atoms with E-state index in [1.165, 1.54) is 6.07 Å². The summed E-state index contributed by atoms with van der Waals surface area (Å²) >= 11 is 0. The van der Waals surface area contributed by atoms with Crippen molar-refractivity contribution in [3.05, 3.63) is 35.6 Å². The van der Waals surface area contributed by atoms with Crippen molar-refractivity contribution in [3.8, 4) is 0 Å².